The number of nitrogens with one attached hydrogen (secondary N) is 1. The Kier molecular flexibility index (Phi) is 5.59. The molecule has 0 aliphatic heterocycles. The van der Waals surface area contributed by atoms with Crippen LogP contribution in [0.1, 0.15) is 13.8 Å². The standard InChI is InChI=1S/C5H14N2S/c1-3-8-4-5(2)7-6/h5,7H,3-4,6H2,1-2H3. The van der Waals surface area contributed by atoms with Crippen LogP contribution in [0.15, 0.2) is 0 Å². The molecule has 0 aromatic carbocycles. The van der Waals surface area contributed by atoms with E-state index in [1.165, 1.54) is 5.75 Å². The second-order valence-corrected chi connectivity index (χ2v) is 3.05. The van der Waals surface area contributed by atoms with Crippen molar-refractivity contribution in [3.8, 4) is 0 Å². The van der Waals surface area contributed by atoms with Crippen molar-refractivity contribution in [1.29, 1.82) is 0 Å². The molecule has 0 aromatic rings. The van der Waals surface area contributed by atoms with E-state index in [2.05, 4.69) is 19.3 Å². The Labute approximate surface area is 55.2 Å². The van der Waals surface area contributed by atoms with Gasteiger partial charge in [-0.1, -0.05) is 6.92 Å². The van der Waals surface area contributed by atoms with Crippen LogP contribution < -0.4 is 11.3 Å². The molecule has 0 radical (unpaired) electrons. The van der Waals surface area contributed by atoms with E-state index < -0.39 is 0 Å². The average molecular weight is 134 g/mol. The van der Waals surface area contributed by atoms with Crippen LogP contribution in [0.4, 0.5) is 0 Å². The molecule has 3 N–H and O–H groups in total. The molecule has 8 heavy (non-hydrogen) atoms. The largest absolute Gasteiger partial charge is 0.271 e. The molecule has 0 fully saturated rings. The van der Waals surface area contributed by atoms with Gasteiger partial charge in [-0.2, -0.15) is 11.8 Å². The molecule has 0 rings (SSSR count). The summed E-state index contributed by atoms with van der Waals surface area (Å²) in [4.78, 5) is 0. The number of thioether (sulfide) groups is 1. The first-order chi connectivity index (χ1) is 3.81. The van der Waals surface area contributed by atoms with E-state index in [1.807, 2.05) is 11.8 Å². The minimum atomic E-state index is 0.444. The van der Waals surface area contributed by atoms with E-state index in [4.69, 9.17) is 5.84 Å². The maximum absolute atomic E-state index is 5.15. The summed E-state index contributed by atoms with van der Waals surface area (Å²) >= 11 is 1.90. The lowest BCUT2D eigenvalue weighted by molar-refractivity contribution is 0.626. The van der Waals surface area contributed by atoms with Crippen molar-refractivity contribution in [1.82, 2.24) is 5.43 Å². The Hall–Kier alpha value is 0.270. The van der Waals surface area contributed by atoms with E-state index >= 15 is 0 Å². The third-order valence-corrected chi connectivity index (χ3v) is 2.00. The maximum Gasteiger partial charge on any atom is 0.0272 e. The van der Waals surface area contributed by atoms with Crippen LogP contribution in [0.2, 0.25) is 0 Å². The molecule has 1 unspecified atom stereocenters. The molecule has 50 valence electrons. The van der Waals surface area contributed by atoms with Crippen LogP contribution in [0.25, 0.3) is 0 Å². The van der Waals surface area contributed by atoms with Gasteiger partial charge in [-0.3, -0.25) is 11.3 Å². The molecule has 0 aliphatic carbocycles. The first-order valence-corrected chi connectivity index (χ1v) is 4.00. The smallest absolute Gasteiger partial charge is 0.0272 e. The Morgan fingerprint density at radius 1 is 1.75 bits per heavy atom. The summed E-state index contributed by atoms with van der Waals surface area (Å²) in [6.07, 6.45) is 0. The zero-order valence-corrected chi connectivity index (χ0v) is 6.29. The second-order valence-electron chi connectivity index (χ2n) is 1.73. The third-order valence-electron chi connectivity index (χ3n) is 0.856. The molecule has 1 atom stereocenters. The normalized spacial score (nSPS) is 13.9. The Morgan fingerprint density at radius 2 is 2.38 bits per heavy atom. The SMILES string of the molecule is CCSCC(C)NN. The Bertz CT molecular complexity index is 49.7. The van der Waals surface area contributed by atoms with Gasteiger partial charge in [0.15, 0.2) is 0 Å². The predicted octanol–water partition coefficient (Wildman–Crippen LogP) is 0.591. The lowest BCUT2D eigenvalue weighted by atomic mass is 10.4. The van der Waals surface area contributed by atoms with Gasteiger partial charge in [-0.05, 0) is 12.7 Å². The van der Waals surface area contributed by atoms with Gasteiger partial charge in [-0.15, -0.1) is 0 Å². The van der Waals surface area contributed by atoms with Crippen molar-refractivity contribution < 1.29 is 0 Å². The first-order valence-electron chi connectivity index (χ1n) is 2.85. The summed E-state index contributed by atoms with van der Waals surface area (Å²) in [7, 11) is 0. The summed E-state index contributed by atoms with van der Waals surface area (Å²) in [5.41, 5.74) is 2.68. The third kappa shape index (κ3) is 4.43. The highest BCUT2D eigenvalue weighted by molar-refractivity contribution is 7.99. The van der Waals surface area contributed by atoms with Crippen molar-refractivity contribution in [3.63, 3.8) is 0 Å². The molecule has 2 nitrogen and oxygen atoms in total. The number of hydrogen-bond acceptors (Lipinski definition) is 3. The van der Waals surface area contributed by atoms with E-state index in [9.17, 15) is 0 Å². The van der Waals surface area contributed by atoms with Crippen molar-refractivity contribution in [3.05, 3.63) is 0 Å². The number of hydrazine groups is 1. The molecule has 0 saturated carbocycles. The van der Waals surface area contributed by atoms with Crippen molar-refractivity contribution in [2.24, 2.45) is 5.84 Å². The second kappa shape index (κ2) is 5.41. The van der Waals surface area contributed by atoms with E-state index in [0.29, 0.717) is 6.04 Å². The van der Waals surface area contributed by atoms with Gasteiger partial charge in [0.25, 0.3) is 0 Å². The van der Waals surface area contributed by atoms with E-state index in [-0.39, 0.29) is 0 Å². The Morgan fingerprint density at radius 3 is 2.75 bits per heavy atom. The van der Waals surface area contributed by atoms with Gasteiger partial charge in [-0.25, -0.2) is 0 Å². The van der Waals surface area contributed by atoms with E-state index in [0.717, 1.165) is 5.75 Å². The van der Waals surface area contributed by atoms with Gasteiger partial charge in [0.1, 0.15) is 0 Å². The lowest BCUT2D eigenvalue weighted by Crippen LogP contribution is -2.34. The molecule has 0 saturated heterocycles. The van der Waals surface area contributed by atoms with Crippen LogP contribution in [-0.4, -0.2) is 17.5 Å². The first kappa shape index (κ1) is 8.27. The molecule has 0 aromatic heterocycles. The molecule has 0 spiro atoms. The molecule has 0 bridgehead atoms. The predicted molar refractivity (Wildman–Crippen MR) is 39.8 cm³/mol. The minimum absolute atomic E-state index is 0.444. The fraction of sp³-hybridized carbons (Fsp3) is 1.00. The highest BCUT2D eigenvalue weighted by atomic mass is 32.2. The number of hydrogen-bond donors (Lipinski definition) is 2. The van der Waals surface area contributed by atoms with Crippen LogP contribution >= 0.6 is 11.8 Å². The van der Waals surface area contributed by atoms with Crippen LogP contribution in [-0.2, 0) is 0 Å². The number of nitrogens with two attached hydrogens (primary N) is 1. The molecule has 3 heteroatoms. The zero-order valence-electron chi connectivity index (χ0n) is 5.48. The summed E-state index contributed by atoms with van der Waals surface area (Å²) in [6.45, 7) is 4.22. The van der Waals surface area contributed by atoms with Crippen molar-refractivity contribution in [2.45, 2.75) is 19.9 Å². The maximum atomic E-state index is 5.15. The van der Waals surface area contributed by atoms with Gasteiger partial charge >= 0.3 is 0 Å². The highest BCUT2D eigenvalue weighted by Gasteiger charge is 1.94. The van der Waals surface area contributed by atoms with Gasteiger partial charge in [0.05, 0.1) is 0 Å². The summed E-state index contributed by atoms with van der Waals surface area (Å²) in [6, 6.07) is 0.444. The summed E-state index contributed by atoms with van der Waals surface area (Å²) in [5, 5.41) is 0. The van der Waals surface area contributed by atoms with Crippen LogP contribution in [0.5, 0.6) is 0 Å². The van der Waals surface area contributed by atoms with Gasteiger partial charge in [0.2, 0.25) is 0 Å². The summed E-state index contributed by atoms with van der Waals surface area (Å²) in [5.74, 6) is 7.43. The molecule has 0 heterocycles. The quantitative estimate of drug-likeness (QED) is 0.436. The van der Waals surface area contributed by atoms with Crippen LogP contribution in [0.3, 0.4) is 0 Å². The average Bonchev–Trinajstić information content (AvgIpc) is 1.83. The molecular weight excluding hydrogens is 120 g/mol. The van der Waals surface area contributed by atoms with E-state index in [1.54, 1.807) is 0 Å². The van der Waals surface area contributed by atoms with Gasteiger partial charge in [0, 0.05) is 11.8 Å². The summed E-state index contributed by atoms with van der Waals surface area (Å²) < 4.78 is 0. The minimum Gasteiger partial charge on any atom is -0.271 e. The monoisotopic (exact) mass is 134 g/mol. The van der Waals surface area contributed by atoms with Crippen molar-refractivity contribution in [2.75, 3.05) is 11.5 Å². The van der Waals surface area contributed by atoms with Gasteiger partial charge < -0.3 is 0 Å². The van der Waals surface area contributed by atoms with Crippen LogP contribution in [0, 0.1) is 0 Å². The topological polar surface area (TPSA) is 38.0 Å². The fourth-order valence-electron chi connectivity index (χ4n) is 0.343. The number of rotatable bonds is 4. The molecule has 0 amide bonds. The molecular formula is C5H14N2S. The zero-order chi connectivity index (χ0) is 6.41. The molecule has 0 aliphatic rings. The fourth-order valence-corrected chi connectivity index (χ4v) is 1.03. The Balaban J connectivity index is 2.86. The lowest BCUT2D eigenvalue weighted by Gasteiger charge is -2.06. The van der Waals surface area contributed by atoms with Crippen molar-refractivity contribution >= 4 is 11.8 Å². The highest BCUT2D eigenvalue weighted by Crippen LogP contribution is 1.99.